The molecule has 5 heteroatoms. The van der Waals surface area contributed by atoms with Crippen molar-refractivity contribution in [1.82, 2.24) is 9.88 Å². The van der Waals surface area contributed by atoms with Crippen molar-refractivity contribution in [3.8, 4) is 0 Å². The summed E-state index contributed by atoms with van der Waals surface area (Å²) in [5.74, 6) is 1.36. The highest BCUT2D eigenvalue weighted by Crippen LogP contribution is 2.25. The lowest BCUT2D eigenvalue weighted by molar-refractivity contribution is -0.133. The van der Waals surface area contributed by atoms with Crippen LogP contribution in [0.2, 0.25) is 5.02 Å². The Morgan fingerprint density at radius 2 is 1.95 bits per heavy atom. The first kappa shape index (κ1) is 15.1. The minimum absolute atomic E-state index is 0.144. The van der Waals surface area contributed by atoms with Crippen LogP contribution in [-0.4, -0.2) is 43.0 Å². The first-order valence-electron chi connectivity index (χ1n) is 7.57. The maximum Gasteiger partial charge on any atom is 0.225 e. The van der Waals surface area contributed by atoms with Crippen molar-refractivity contribution >= 4 is 34.2 Å². The highest BCUT2D eigenvalue weighted by atomic mass is 35.5. The van der Waals surface area contributed by atoms with Gasteiger partial charge in [-0.2, -0.15) is 0 Å². The number of pyridine rings is 1. The number of nitrogens with zero attached hydrogens (tertiary/aromatic N) is 3. The molecular formula is C17H20ClN3O. The number of aromatic nitrogens is 1. The molecule has 1 aliphatic heterocycles. The molecule has 116 valence electrons. The Bertz CT molecular complexity index is 693. The molecule has 0 saturated carbocycles. The summed E-state index contributed by atoms with van der Waals surface area (Å²) in [4.78, 5) is 20.7. The molecule has 0 radical (unpaired) electrons. The van der Waals surface area contributed by atoms with Gasteiger partial charge in [0.1, 0.15) is 5.82 Å². The van der Waals surface area contributed by atoms with Gasteiger partial charge >= 0.3 is 0 Å². The van der Waals surface area contributed by atoms with E-state index in [4.69, 9.17) is 16.6 Å². The minimum Gasteiger partial charge on any atom is -0.357 e. The normalized spacial score (nSPS) is 16.0. The lowest BCUT2D eigenvalue weighted by Gasteiger charge is -2.33. The predicted molar refractivity (Wildman–Crippen MR) is 90.4 cm³/mol. The molecule has 0 N–H and O–H groups in total. The van der Waals surface area contributed by atoms with Gasteiger partial charge in [0.05, 0.1) is 5.52 Å². The van der Waals surface area contributed by atoms with E-state index in [1.807, 2.05) is 38.4 Å². The predicted octanol–water partition coefficient (Wildman–Crippen LogP) is 3.19. The largest absolute Gasteiger partial charge is 0.357 e. The van der Waals surface area contributed by atoms with Crippen molar-refractivity contribution < 1.29 is 4.79 Å². The number of benzene rings is 1. The molecule has 4 nitrogen and oxygen atoms in total. The van der Waals surface area contributed by atoms with E-state index < -0.39 is 0 Å². The molecule has 0 aliphatic carbocycles. The van der Waals surface area contributed by atoms with Crippen molar-refractivity contribution in [1.29, 1.82) is 0 Å². The number of rotatable bonds is 2. The second-order valence-electron chi connectivity index (χ2n) is 6.00. The van der Waals surface area contributed by atoms with Gasteiger partial charge in [-0.15, -0.1) is 0 Å². The number of hydrogen-bond donors (Lipinski definition) is 0. The molecule has 1 aromatic carbocycles. The molecule has 1 amide bonds. The maximum absolute atomic E-state index is 12.0. The molecule has 1 aromatic heterocycles. The monoisotopic (exact) mass is 317 g/mol. The second kappa shape index (κ2) is 6.13. The fourth-order valence-corrected chi connectivity index (χ4v) is 3.16. The maximum atomic E-state index is 12.0. The Labute approximate surface area is 135 Å². The third kappa shape index (κ3) is 3.02. The van der Waals surface area contributed by atoms with Gasteiger partial charge in [0, 0.05) is 43.5 Å². The highest BCUT2D eigenvalue weighted by Gasteiger charge is 2.26. The van der Waals surface area contributed by atoms with Crippen molar-refractivity contribution in [3.63, 3.8) is 0 Å². The van der Waals surface area contributed by atoms with E-state index in [0.717, 1.165) is 47.7 Å². The molecule has 0 atom stereocenters. The molecule has 2 aromatic rings. The first-order valence-corrected chi connectivity index (χ1v) is 7.95. The molecular weight excluding hydrogens is 298 g/mol. The summed E-state index contributed by atoms with van der Waals surface area (Å²) < 4.78 is 0. The SMILES string of the molecule is CN(C)C(=O)C1CCN(c2ccc3cc(Cl)ccc3n2)CC1. The molecule has 0 spiro atoms. The van der Waals surface area contributed by atoms with E-state index in [1.54, 1.807) is 4.90 Å². The van der Waals surface area contributed by atoms with Gasteiger partial charge in [0.15, 0.2) is 0 Å². The van der Waals surface area contributed by atoms with Gasteiger partial charge in [0.2, 0.25) is 5.91 Å². The topological polar surface area (TPSA) is 36.4 Å². The fraction of sp³-hybridized carbons (Fsp3) is 0.412. The van der Waals surface area contributed by atoms with Crippen LogP contribution in [0.5, 0.6) is 0 Å². The van der Waals surface area contributed by atoms with Crippen molar-refractivity contribution in [2.24, 2.45) is 5.92 Å². The van der Waals surface area contributed by atoms with Gasteiger partial charge in [-0.3, -0.25) is 4.79 Å². The van der Waals surface area contributed by atoms with Gasteiger partial charge in [-0.25, -0.2) is 4.98 Å². The fourth-order valence-electron chi connectivity index (χ4n) is 2.98. The van der Waals surface area contributed by atoms with Crippen molar-refractivity contribution in [3.05, 3.63) is 35.4 Å². The van der Waals surface area contributed by atoms with Gasteiger partial charge in [-0.05, 0) is 43.2 Å². The number of anilines is 1. The Hall–Kier alpha value is -1.81. The Kier molecular flexibility index (Phi) is 4.21. The third-order valence-corrected chi connectivity index (χ3v) is 4.48. The van der Waals surface area contributed by atoms with Crippen molar-refractivity contribution in [2.75, 3.05) is 32.1 Å². The molecule has 1 saturated heterocycles. The number of piperidine rings is 1. The van der Waals surface area contributed by atoms with Gasteiger partial charge in [-0.1, -0.05) is 11.6 Å². The van der Waals surface area contributed by atoms with Gasteiger partial charge in [0.25, 0.3) is 0 Å². The number of halogens is 1. The van der Waals surface area contributed by atoms with Crippen molar-refractivity contribution in [2.45, 2.75) is 12.8 Å². The molecule has 1 aliphatic rings. The summed E-state index contributed by atoms with van der Waals surface area (Å²) in [5.41, 5.74) is 0.952. The molecule has 2 heterocycles. The average Bonchev–Trinajstić information content (AvgIpc) is 2.53. The average molecular weight is 318 g/mol. The van der Waals surface area contributed by atoms with Crippen LogP contribution in [0.1, 0.15) is 12.8 Å². The number of fused-ring (bicyclic) bond motifs is 1. The molecule has 0 unspecified atom stereocenters. The molecule has 22 heavy (non-hydrogen) atoms. The summed E-state index contributed by atoms with van der Waals surface area (Å²) >= 11 is 6.00. The highest BCUT2D eigenvalue weighted by molar-refractivity contribution is 6.31. The van der Waals surface area contributed by atoms with Crippen LogP contribution in [0.3, 0.4) is 0 Å². The number of amides is 1. The second-order valence-corrected chi connectivity index (χ2v) is 6.44. The number of hydrogen-bond acceptors (Lipinski definition) is 3. The van der Waals surface area contributed by atoms with E-state index in [1.165, 1.54) is 0 Å². The zero-order valence-electron chi connectivity index (χ0n) is 12.9. The Morgan fingerprint density at radius 1 is 1.23 bits per heavy atom. The Morgan fingerprint density at radius 3 is 2.64 bits per heavy atom. The van der Waals surface area contributed by atoms with E-state index in [2.05, 4.69) is 11.0 Å². The quantitative estimate of drug-likeness (QED) is 0.853. The molecule has 1 fully saturated rings. The van der Waals surface area contributed by atoms with Crippen LogP contribution < -0.4 is 4.90 Å². The van der Waals surface area contributed by atoms with Crippen LogP contribution in [0.4, 0.5) is 5.82 Å². The molecule has 3 rings (SSSR count). The first-order chi connectivity index (χ1) is 10.5. The lowest BCUT2D eigenvalue weighted by Crippen LogP contribution is -2.40. The van der Waals surface area contributed by atoms with Crippen LogP contribution in [0.15, 0.2) is 30.3 Å². The number of carbonyl (C=O) groups is 1. The van der Waals surface area contributed by atoms with E-state index in [0.29, 0.717) is 0 Å². The van der Waals surface area contributed by atoms with Crippen LogP contribution >= 0.6 is 11.6 Å². The smallest absolute Gasteiger partial charge is 0.225 e. The minimum atomic E-state index is 0.144. The number of carbonyl (C=O) groups excluding carboxylic acids is 1. The zero-order chi connectivity index (χ0) is 15.7. The zero-order valence-corrected chi connectivity index (χ0v) is 13.7. The Balaban J connectivity index is 1.73. The van der Waals surface area contributed by atoms with E-state index in [-0.39, 0.29) is 11.8 Å². The van der Waals surface area contributed by atoms with Crippen LogP contribution in [0.25, 0.3) is 10.9 Å². The molecule has 0 bridgehead atoms. The third-order valence-electron chi connectivity index (χ3n) is 4.25. The van der Waals surface area contributed by atoms with Crippen LogP contribution in [-0.2, 0) is 4.79 Å². The van der Waals surface area contributed by atoms with E-state index >= 15 is 0 Å². The summed E-state index contributed by atoms with van der Waals surface area (Å²) in [6.07, 6.45) is 1.77. The standard InChI is InChI=1S/C17H20ClN3O/c1-20(2)17(22)12-7-9-21(10-8-12)16-6-3-13-11-14(18)4-5-15(13)19-16/h3-6,11-12H,7-10H2,1-2H3. The van der Waals surface area contributed by atoms with Crippen LogP contribution in [0, 0.1) is 5.92 Å². The van der Waals surface area contributed by atoms with Gasteiger partial charge < -0.3 is 9.80 Å². The summed E-state index contributed by atoms with van der Waals surface area (Å²) in [5, 5.41) is 1.78. The summed E-state index contributed by atoms with van der Waals surface area (Å²) in [6.45, 7) is 1.74. The lowest BCUT2D eigenvalue weighted by atomic mass is 9.95. The summed E-state index contributed by atoms with van der Waals surface area (Å²) in [7, 11) is 3.65. The van der Waals surface area contributed by atoms with E-state index in [9.17, 15) is 4.79 Å². The summed E-state index contributed by atoms with van der Waals surface area (Å²) in [6, 6.07) is 9.83.